The van der Waals surface area contributed by atoms with Crippen molar-refractivity contribution in [3.63, 3.8) is 0 Å². The van der Waals surface area contributed by atoms with Gasteiger partial charge < -0.3 is 20.1 Å². The lowest BCUT2D eigenvalue weighted by atomic mass is 10.2. The summed E-state index contributed by atoms with van der Waals surface area (Å²) in [5.41, 5.74) is 0.979. The molecule has 0 saturated carbocycles. The largest absolute Gasteiger partial charge is 0.454 e. The number of thiophene rings is 1. The third kappa shape index (κ3) is 3.66. The van der Waals surface area contributed by atoms with Crippen molar-refractivity contribution in [3.05, 3.63) is 46.2 Å². The van der Waals surface area contributed by atoms with E-state index in [0.717, 1.165) is 23.5 Å². The minimum absolute atomic E-state index is 0.163. The van der Waals surface area contributed by atoms with Crippen molar-refractivity contribution in [3.8, 4) is 11.5 Å². The number of ether oxygens (including phenoxy) is 2. The van der Waals surface area contributed by atoms with Crippen LogP contribution in [0, 0.1) is 0 Å². The van der Waals surface area contributed by atoms with Crippen LogP contribution in [0.15, 0.2) is 35.7 Å². The number of urea groups is 1. The van der Waals surface area contributed by atoms with Gasteiger partial charge in [0, 0.05) is 18.0 Å². The quantitative estimate of drug-likeness (QED) is 0.892. The molecule has 2 heterocycles. The van der Waals surface area contributed by atoms with Crippen molar-refractivity contribution in [2.24, 2.45) is 0 Å². The molecule has 2 amide bonds. The second-order valence-electron chi connectivity index (χ2n) is 4.63. The van der Waals surface area contributed by atoms with Crippen LogP contribution >= 0.6 is 11.3 Å². The molecule has 6 heteroatoms. The molecular weight excluding hydrogens is 288 g/mol. The van der Waals surface area contributed by atoms with E-state index in [9.17, 15) is 4.79 Å². The first-order valence-corrected chi connectivity index (χ1v) is 7.62. The van der Waals surface area contributed by atoms with Gasteiger partial charge in [-0.25, -0.2) is 4.79 Å². The predicted octanol–water partition coefficient (Wildman–Crippen LogP) is 2.52. The Morgan fingerprint density at radius 1 is 1.19 bits per heavy atom. The monoisotopic (exact) mass is 304 g/mol. The number of nitrogens with one attached hydrogen (secondary N) is 2. The maximum absolute atomic E-state index is 11.7. The second-order valence-corrected chi connectivity index (χ2v) is 5.66. The maximum Gasteiger partial charge on any atom is 0.315 e. The summed E-state index contributed by atoms with van der Waals surface area (Å²) in [6.07, 6.45) is 0.856. The van der Waals surface area contributed by atoms with Crippen LogP contribution < -0.4 is 20.1 Å². The zero-order valence-corrected chi connectivity index (χ0v) is 12.2. The molecule has 21 heavy (non-hydrogen) atoms. The van der Waals surface area contributed by atoms with Crippen LogP contribution in [0.4, 0.5) is 4.79 Å². The Kier molecular flexibility index (Phi) is 4.25. The topological polar surface area (TPSA) is 59.6 Å². The molecule has 0 spiro atoms. The minimum Gasteiger partial charge on any atom is -0.454 e. The molecule has 5 nitrogen and oxygen atoms in total. The first-order valence-electron chi connectivity index (χ1n) is 6.74. The van der Waals surface area contributed by atoms with Gasteiger partial charge in [-0.15, -0.1) is 11.3 Å². The molecule has 0 fully saturated rings. The summed E-state index contributed by atoms with van der Waals surface area (Å²) in [6.45, 7) is 1.35. The van der Waals surface area contributed by atoms with Crippen LogP contribution in [0.3, 0.4) is 0 Å². The van der Waals surface area contributed by atoms with Crippen LogP contribution in [0.5, 0.6) is 11.5 Å². The molecule has 2 N–H and O–H groups in total. The Balaban J connectivity index is 1.41. The van der Waals surface area contributed by atoms with Gasteiger partial charge >= 0.3 is 6.03 Å². The van der Waals surface area contributed by atoms with E-state index in [1.54, 1.807) is 11.3 Å². The molecule has 0 unspecified atom stereocenters. The minimum atomic E-state index is -0.163. The molecule has 1 aliphatic heterocycles. The molecule has 1 aliphatic rings. The summed E-state index contributed by atoms with van der Waals surface area (Å²) in [4.78, 5) is 13.0. The number of hydrogen-bond donors (Lipinski definition) is 2. The Hall–Kier alpha value is -2.21. The van der Waals surface area contributed by atoms with Gasteiger partial charge in [0.1, 0.15) is 0 Å². The molecule has 110 valence electrons. The number of rotatable bonds is 5. The van der Waals surface area contributed by atoms with Gasteiger partial charge in [0.2, 0.25) is 6.79 Å². The van der Waals surface area contributed by atoms with Crippen molar-refractivity contribution < 1.29 is 14.3 Å². The molecule has 1 aromatic carbocycles. The zero-order valence-electron chi connectivity index (χ0n) is 11.4. The molecule has 1 aromatic heterocycles. The van der Waals surface area contributed by atoms with E-state index in [2.05, 4.69) is 16.7 Å². The van der Waals surface area contributed by atoms with Crippen LogP contribution in [0.25, 0.3) is 0 Å². The van der Waals surface area contributed by atoms with Crippen molar-refractivity contribution in [1.82, 2.24) is 10.6 Å². The van der Waals surface area contributed by atoms with Crippen LogP contribution in [0.1, 0.15) is 10.4 Å². The van der Waals surface area contributed by atoms with E-state index in [4.69, 9.17) is 9.47 Å². The van der Waals surface area contributed by atoms with Crippen molar-refractivity contribution in [2.75, 3.05) is 13.3 Å². The summed E-state index contributed by atoms with van der Waals surface area (Å²) in [5, 5.41) is 7.71. The number of carbonyl (C=O) groups is 1. The molecule has 0 saturated heterocycles. The number of fused-ring (bicyclic) bond motifs is 1. The highest BCUT2D eigenvalue weighted by Gasteiger charge is 2.13. The zero-order chi connectivity index (χ0) is 14.5. The van der Waals surface area contributed by atoms with Gasteiger partial charge in [0.15, 0.2) is 11.5 Å². The molecule has 0 radical (unpaired) electrons. The van der Waals surface area contributed by atoms with Crippen LogP contribution in [-0.4, -0.2) is 19.4 Å². The van der Waals surface area contributed by atoms with Crippen molar-refractivity contribution >= 4 is 17.4 Å². The van der Waals surface area contributed by atoms with Gasteiger partial charge in [-0.3, -0.25) is 0 Å². The molecule has 3 rings (SSSR count). The van der Waals surface area contributed by atoms with Crippen molar-refractivity contribution in [1.29, 1.82) is 0 Å². The van der Waals surface area contributed by atoms with Gasteiger partial charge in [-0.1, -0.05) is 12.1 Å². The predicted molar refractivity (Wildman–Crippen MR) is 80.8 cm³/mol. The summed E-state index contributed by atoms with van der Waals surface area (Å²) >= 11 is 1.70. The van der Waals surface area contributed by atoms with Crippen LogP contribution in [0.2, 0.25) is 0 Å². The van der Waals surface area contributed by atoms with E-state index in [1.807, 2.05) is 29.6 Å². The Bertz CT molecular complexity index is 613. The molecular formula is C15H16N2O3S. The highest BCUT2D eigenvalue weighted by atomic mass is 32.1. The van der Waals surface area contributed by atoms with E-state index in [-0.39, 0.29) is 12.8 Å². The SMILES string of the molecule is O=C(NCCc1cccs1)NCc1ccc2c(c1)OCO2. The fourth-order valence-electron chi connectivity index (χ4n) is 2.05. The highest BCUT2D eigenvalue weighted by molar-refractivity contribution is 7.09. The number of amides is 2. The summed E-state index contributed by atoms with van der Waals surface area (Å²) in [7, 11) is 0. The molecule has 0 atom stereocenters. The number of hydrogen-bond acceptors (Lipinski definition) is 4. The normalized spacial score (nSPS) is 12.2. The lowest BCUT2D eigenvalue weighted by molar-refractivity contribution is 0.174. The third-order valence-corrected chi connectivity index (χ3v) is 4.06. The average molecular weight is 304 g/mol. The molecule has 0 bridgehead atoms. The first-order chi connectivity index (χ1) is 10.3. The lowest BCUT2D eigenvalue weighted by Gasteiger charge is -2.07. The summed E-state index contributed by atoms with van der Waals surface area (Å²) < 4.78 is 10.5. The van der Waals surface area contributed by atoms with Crippen LogP contribution in [-0.2, 0) is 13.0 Å². The van der Waals surface area contributed by atoms with E-state index in [1.165, 1.54) is 4.88 Å². The molecule has 2 aromatic rings. The number of benzene rings is 1. The molecule has 0 aliphatic carbocycles. The fourth-order valence-corrected chi connectivity index (χ4v) is 2.76. The first kappa shape index (κ1) is 13.8. The Morgan fingerprint density at radius 2 is 2.10 bits per heavy atom. The Morgan fingerprint density at radius 3 is 2.95 bits per heavy atom. The average Bonchev–Trinajstić information content (AvgIpc) is 3.15. The van der Waals surface area contributed by atoms with E-state index >= 15 is 0 Å². The van der Waals surface area contributed by atoms with Gasteiger partial charge in [-0.05, 0) is 35.6 Å². The maximum atomic E-state index is 11.7. The van der Waals surface area contributed by atoms with E-state index < -0.39 is 0 Å². The smallest absolute Gasteiger partial charge is 0.315 e. The standard InChI is InChI=1S/C15H16N2O3S/c18-15(16-6-5-12-2-1-7-21-12)17-9-11-3-4-13-14(8-11)20-10-19-13/h1-4,7-8H,5-6,9-10H2,(H2,16,17,18). The highest BCUT2D eigenvalue weighted by Crippen LogP contribution is 2.32. The van der Waals surface area contributed by atoms with Gasteiger partial charge in [-0.2, -0.15) is 0 Å². The van der Waals surface area contributed by atoms with E-state index in [0.29, 0.717) is 13.1 Å². The lowest BCUT2D eigenvalue weighted by Crippen LogP contribution is -2.36. The van der Waals surface area contributed by atoms with Crippen molar-refractivity contribution in [2.45, 2.75) is 13.0 Å². The van der Waals surface area contributed by atoms with Gasteiger partial charge in [0.05, 0.1) is 0 Å². The number of carbonyl (C=O) groups excluding carboxylic acids is 1. The third-order valence-electron chi connectivity index (χ3n) is 3.13. The fraction of sp³-hybridized carbons (Fsp3) is 0.267. The van der Waals surface area contributed by atoms with Gasteiger partial charge in [0.25, 0.3) is 0 Å². The second kappa shape index (κ2) is 6.49. The summed E-state index contributed by atoms with van der Waals surface area (Å²) in [5.74, 6) is 1.48. The Labute approximate surface area is 126 Å². The summed E-state index contributed by atoms with van der Waals surface area (Å²) in [6, 6.07) is 9.57.